The summed E-state index contributed by atoms with van der Waals surface area (Å²) in [6.45, 7) is 17.3. The first-order valence-corrected chi connectivity index (χ1v) is 16.4. The molecule has 0 unspecified atom stereocenters. The lowest BCUT2D eigenvalue weighted by molar-refractivity contribution is -0.128. The number of amides is 1. The SMILES string of the molecule is CNC(=O)c1ccc(Nc2nc3ccc(C(C)(C)C(=O)C(CC(C)C)CC(C)C)cc3n2CCCN2CCCCC2)cc1. The van der Waals surface area contributed by atoms with Crippen LogP contribution in [0.1, 0.15) is 96.0 Å². The second-order valence-electron chi connectivity index (χ2n) is 13.8. The van der Waals surface area contributed by atoms with Gasteiger partial charge in [-0.25, -0.2) is 4.98 Å². The monoisotopic (exact) mass is 587 g/mol. The summed E-state index contributed by atoms with van der Waals surface area (Å²) in [5.74, 6) is 2.01. The predicted molar refractivity (Wildman–Crippen MR) is 178 cm³/mol. The first-order chi connectivity index (χ1) is 20.5. The van der Waals surface area contributed by atoms with Gasteiger partial charge in [-0.15, -0.1) is 0 Å². The number of hydrogen-bond donors (Lipinski definition) is 2. The maximum atomic E-state index is 14.1. The summed E-state index contributed by atoms with van der Waals surface area (Å²) in [5, 5.41) is 6.19. The van der Waals surface area contributed by atoms with E-state index in [1.165, 1.54) is 32.4 Å². The number of rotatable bonds is 14. The average Bonchev–Trinajstić information content (AvgIpc) is 3.32. The fraction of sp³-hybridized carbons (Fsp3) is 0.583. The van der Waals surface area contributed by atoms with E-state index in [0.29, 0.717) is 23.2 Å². The third-order valence-corrected chi connectivity index (χ3v) is 8.90. The van der Waals surface area contributed by atoms with Crippen LogP contribution in [-0.2, 0) is 16.8 Å². The zero-order chi connectivity index (χ0) is 31.1. The summed E-state index contributed by atoms with van der Waals surface area (Å²) >= 11 is 0. The maximum Gasteiger partial charge on any atom is 0.251 e. The van der Waals surface area contributed by atoms with Crippen molar-refractivity contribution in [3.8, 4) is 0 Å². The van der Waals surface area contributed by atoms with E-state index in [1.807, 2.05) is 24.3 Å². The van der Waals surface area contributed by atoms with E-state index in [9.17, 15) is 9.59 Å². The highest BCUT2D eigenvalue weighted by molar-refractivity contribution is 5.94. The van der Waals surface area contributed by atoms with Crippen molar-refractivity contribution in [3.63, 3.8) is 0 Å². The Labute approximate surface area is 258 Å². The number of imidazole rings is 1. The highest BCUT2D eigenvalue weighted by Crippen LogP contribution is 2.35. The van der Waals surface area contributed by atoms with Crippen LogP contribution < -0.4 is 10.6 Å². The molecule has 0 aliphatic carbocycles. The quantitative estimate of drug-likeness (QED) is 0.203. The highest BCUT2D eigenvalue weighted by atomic mass is 16.1. The first kappa shape index (κ1) is 32.7. The molecular weight excluding hydrogens is 534 g/mol. The molecule has 0 saturated carbocycles. The molecule has 234 valence electrons. The molecule has 0 bridgehead atoms. The van der Waals surface area contributed by atoms with E-state index in [1.54, 1.807) is 7.05 Å². The molecule has 4 rings (SSSR count). The van der Waals surface area contributed by atoms with Crippen molar-refractivity contribution in [2.24, 2.45) is 17.8 Å². The Bertz CT molecular complexity index is 1360. The van der Waals surface area contributed by atoms with Crippen LogP contribution in [0.4, 0.5) is 11.6 Å². The number of anilines is 2. The standard InChI is InChI=1S/C36H53N5O2/c1-25(2)22-28(23-26(3)4)33(42)36(5,6)29-14-17-31-32(24-29)41(21-11-20-40-18-9-8-10-19-40)35(39-31)38-30-15-12-27(13-16-30)34(43)37-7/h12-17,24-26,28H,8-11,18-23H2,1-7H3,(H,37,43)(H,38,39). The number of carbonyl (C=O) groups excluding carboxylic acids is 2. The molecule has 2 aromatic carbocycles. The minimum atomic E-state index is -0.602. The van der Waals surface area contributed by atoms with Gasteiger partial charge < -0.3 is 20.1 Å². The number of likely N-dealkylation sites (tertiary alicyclic amines) is 1. The molecule has 0 atom stereocenters. The largest absolute Gasteiger partial charge is 0.355 e. The minimum absolute atomic E-state index is 0.0511. The average molecular weight is 588 g/mol. The van der Waals surface area contributed by atoms with Crippen LogP contribution in [0.2, 0.25) is 0 Å². The van der Waals surface area contributed by atoms with Gasteiger partial charge in [-0.2, -0.15) is 0 Å². The van der Waals surface area contributed by atoms with Gasteiger partial charge in [0.1, 0.15) is 5.78 Å². The molecule has 1 fully saturated rings. The van der Waals surface area contributed by atoms with Crippen LogP contribution in [0.25, 0.3) is 11.0 Å². The van der Waals surface area contributed by atoms with Crippen molar-refractivity contribution in [2.75, 3.05) is 32.0 Å². The summed E-state index contributed by atoms with van der Waals surface area (Å²) in [5.41, 5.74) is 3.89. The van der Waals surface area contributed by atoms with Crippen molar-refractivity contribution in [1.82, 2.24) is 19.8 Å². The van der Waals surface area contributed by atoms with Crippen molar-refractivity contribution in [3.05, 3.63) is 53.6 Å². The molecule has 0 spiro atoms. The molecule has 1 aromatic heterocycles. The lowest BCUT2D eigenvalue weighted by atomic mass is 9.72. The molecule has 2 N–H and O–H groups in total. The van der Waals surface area contributed by atoms with Crippen molar-refractivity contribution < 1.29 is 9.59 Å². The Morgan fingerprint density at radius 3 is 2.16 bits per heavy atom. The predicted octanol–water partition coefficient (Wildman–Crippen LogP) is 7.57. The Morgan fingerprint density at radius 1 is 0.907 bits per heavy atom. The zero-order valence-corrected chi connectivity index (χ0v) is 27.5. The summed E-state index contributed by atoms with van der Waals surface area (Å²) in [6.07, 6.45) is 6.77. The number of fused-ring (bicyclic) bond motifs is 1. The van der Waals surface area contributed by atoms with Crippen LogP contribution in [0.15, 0.2) is 42.5 Å². The highest BCUT2D eigenvalue weighted by Gasteiger charge is 2.36. The molecule has 43 heavy (non-hydrogen) atoms. The Hall–Kier alpha value is -3.19. The van der Waals surface area contributed by atoms with Gasteiger partial charge in [0.15, 0.2) is 0 Å². The molecule has 1 aliphatic heterocycles. The molecule has 0 radical (unpaired) electrons. The maximum absolute atomic E-state index is 14.1. The van der Waals surface area contributed by atoms with Crippen molar-refractivity contribution >= 4 is 34.4 Å². The lowest BCUT2D eigenvalue weighted by Crippen LogP contribution is -2.36. The molecule has 1 aliphatic rings. The van der Waals surface area contributed by atoms with Gasteiger partial charge in [-0.1, -0.05) is 40.2 Å². The normalized spacial score (nSPS) is 14.7. The summed E-state index contributed by atoms with van der Waals surface area (Å²) in [4.78, 5) is 33.7. The third-order valence-electron chi connectivity index (χ3n) is 8.90. The Balaban J connectivity index is 1.66. The number of carbonyl (C=O) groups is 2. The number of Topliss-reactive ketones (excluding diaryl/α,β-unsaturated/α-hetero) is 1. The summed E-state index contributed by atoms with van der Waals surface area (Å²) in [7, 11) is 1.64. The fourth-order valence-electron chi connectivity index (χ4n) is 6.55. The first-order valence-electron chi connectivity index (χ1n) is 16.4. The second kappa shape index (κ2) is 14.5. The van der Waals surface area contributed by atoms with Gasteiger partial charge in [0.25, 0.3) is 5.91 Å². The number of nitrogens with one attached hydrogen (secondary N) is 2. The number of ketones is 1. The van der Waals surface area contributed by atoms with Gasteiger partial charge in [-0.3, -0.25) is 9.59 Å². The Morgan fingerprint density at radius 2 is 1.56 bits per heavy atom. The van der Waals surface area contributed by atoms with E-state index in [2.05, 4.69) is 79.8 Å². The van der Waals surface area contributed by atoms with Crippen LogP contribution in [0.3, 0.4) is 0 Å². The molecule has 7 heteroatoms. The van der Waals surface area contributed by atoms with Crippen LogP contribution in [0.5, 0.6) is 0 Å². The van der Waals surface area contributed by atoms with Gasteiger partial charge >= 0.3 is 0 Å². The van der Waals surface area contributed by atoms with E-state index < -0.39 is 5.41 Å². The van der Waals surface area contributed by atoms with Gasteiger partial charge in [0.05, 0.1) is 11.0 Å². The van der Waals surface area contributed by atoms with Crippen LogP contribution in [0, 0.1) is 17.8 Å². The van der Waals surface area contributed by atoms with Crippen molar-refractivity contribution in [1.29, 1.82) is 0 Å². The molecule has 2 heterocycles. The molecule has 1 saturated heterocycles. The van der Waals surface area contributed by atoms with Gasteiger partial charge in [-0.05, 0) is 119 Å². The van der Waals surface area contributed by atoms with E-state index in [-0.39, 0.29) is 11.8 Å². The van der Waals surface area contributed by atoms with E-state index in [4.69, 9.17) is 4.98 Å². The van der Waals surface area contributed by atoms with E-state index >= 15 is 0 Å². The number of aryl methyl sites for hydroxylation is 1. The summed E-state index contributed by atoms with van der Waals surface area (Å²) in [6, 6.07) is 13.8. The van der Waals surface area contributed by atoms with Gasteiger partial charge in [0, 0.05) is 36.2 Å². The topological polar surface area (TPSA) is 79.3 Å². The van der Waals surface area contributed by atoms with Crippen molar-refractivity contribution in [2.45, 2.75) is 92.0 Å². The number of aromatic nitrogens is 2. The molecule has 7 nitrogen and oxygen atoms in total. The molecule has 1 amide bonds. The number of hydrogen-bond acceptors (Lipinski definition) is 5. The smallest absolute Gasteiger partial charge is 0.251 e. The molecular formula is C36H53N5O2. The fourth-order valence-corrected chi connectivity index (χ4v) is 6.55. The van der Waals surface area contributed by atoms with Crippen LogP contribution >= 0.6 is 0 Å². The van der Waals surface area contributed by atoms with Crippen LogP contribution in [-0.4, -0.2) is 52.8 Å². The zero-order valence-electron chi connectivity index (χ0n) is 27.5. The third kappa shape index (κ3) is 8.26. The Kier molecular flexibility index (Phi) is 11.0. The number of nitrogens with zero attached hydrogens (tertiary/aromatic N) is 3. The second-order valence-corrected chi connectivity index (χ2v) is 13.8. The number of benzene rings is 2. The lowest BCUT2D eigenvalue weighted by Gasteiger charge is -2.31. The van der Waals surface area contributed by atoms with Gasteiger partial charge in [0.2, 0.25) is 5.95 Å². The molecule has 3 aromatic rings. The van der Waals surface area contributed by atoms with E-state index in [0.717, 1.165) is 60.6 Å². The minimum Gasteiger partial charge on any atom is -0.355 e. The summed E-state index contributed by atoms with van der Waals surface area (Å²) < 4.78 is 2.27. The number of piperidine rings is 1.